The zero-order chi connectivity index (χ0) is 36.0. The van der Waals surface area contributed by atoms with Gasteiger partial charge in [-0.3, -0.25) is 14.4 Å². The van der Waals surface area contributed by atoms with Gasteiger partial charge in [-0.25, -0.2) is 0 Å². The number of ether oxygens (including phenoxy) is 3. The molecule has 2 N–H and O–H groups in total. The van der Waals surface area contributed by atoms with Crippen molar-refractivity contribution in [2.45, 2.75) is 44.8 Å². The summed E-state index contributed by atoms with van der Waals surface area (Å²) in [6.45, 7) is 3.61. The van der Waals surface area contributed by atoms with Gasteiger partial charge >= 0.3 is 12.1 Å². The van der Waals surface area contributed by atoms with E-state index >= 15 is 0 Å². The smallest absolute Gasteiger partial charge is 0.416 e. The van der Waals surface area contributed by atoms with Crippen LogP contribution in [0.25, 0.3) is 11.1 Å². The molecule has 0 saturated carbocycles. The van der Waals surface area contributed by atoms with Crippen molar-refractivity contribution < 1.29 is 41.8 Å². The van der Waals surface area contributed by atoms with Gasteiger partial charge in [0.1, 0.15) is 0 Å². The summed E-state index contributed by atoms with van der Waals surface area (Å²) in [5.41, 5.74) is 2.92. The third-order valence-electron chi connectivity index (χ3n) is 9.08. The van der Waals surface area contributed by atoms with E-state index in [-0.39, 0.29) is 37.6 Å². The van der Waals surface area contributed by atoms with Crippen molar-refractivity contribution >= 4 is 29.2 Å². The lowest BCUT2D eigenvalue weighted by Crippen LogP contribution is -2.37. The summed E-state index contributed by atoms with van der Waals surface area (Å²) in [5, 5.41) is 5.93. The maximum Gasteiger partial charge on any atom is 0.416 e. The van der Waals surface area contributed by atoms with Crippen molar-refractivity contribution in [1.29, 1.82) is 0 Å². The Morgan fingerprint density at radius 3 is 2.31 bits per heavy atom. The second kappa shape index (κ2) is 15.6. The van der Waals surface area contributed by atoms with Crippen LogP contribution in [0.1, 0.15) is 60.1 Å². The van der Waals surface area contributed by atoms with E-state index in [0.717, 1.165) is 49.3 Å². The highest BCUT2D eigenvalue weighted by Crippen LogP contribution is 2.36. The molecule has 1 atom stereocenters. The van der Waals surface area contributed by atoms with Crippen LogP contribution in [-0.4, -0.2) is 44.3 Å². The Morgan fingerprint density at radius 1 is 0.902 bits per heavy atom. The van der Waals surface area contributed by atoms with Gasteiger partial charge in [-0.1, -0.05) is 36.4 Å². The van der Waals surface area contributed by atoms with Crippen molar-refractivity contribution in [2.24, 2.45) is 5.92 Å². The molecule has 4 aromatic carbocycles. The lowest BCUT2D eigenvalue weighted by atomic mass is 9.92. The monoisotopic (exact) mass is 701 g/mol. The molecule has 0 bridgehead atoms. The molecule has 9 nitrogen and oxygen atoms in total. The summed E-state index contributed by atoms with van der Waals surface area (Å²) in [6.07, 6.45) is -2.50. The molecule has 0 spiro atoms. The van der Waals surface area contributed by atoms with Crippen molar-refractivity contribution in [3.8, 4) is 22.6 Å². The Morgan fingerprint density at radius 2 is 1.61 bits per heavy atom. The van der Waals surface area contributed by atoms with E-state index in [1.165, 1.54) is 12.1 Å². The molecule has 4 aromatic rings. The lowest BCUT2D eigenvalue weighted by Gasteiger charge is -2.33. The molecule has 1 unspecified atom stereocenters. The van der Waals surface area contributed by atoms with Gasteiger partial charge in [0.2, 0.25) is 12.7 Å². The average molecular weight is 702 g/mol. The zero-order valence-corrected chi connectivity index (χ0v) is 28.0. The lowest BCUT2D eigenvalue weighted by molar-refractivity contribution is -0.144. The molecule has 2 aliphatic rings. The number of fused-ring (bicyclic) bond motifs is 1. The minimum Gasteiger partial charge on any atom is -0.466 e. The van der Waals surface area contributed by atoms with Crippen LogP contribution in [0, 0.1) is 5.92 Å². The minimum absolute atomic E-state index is 0.000217. The van der Waals surface area contributed by atoms with Gasteiger partial charge in [-0.2, -0.15) is 13.2 Å². The van der Waals surface area contributed by atoms with E-state index in [9.17, 15) is 27.6 Å². The predicted octanol–water partition coefficient (Wildman–Crippen LogP) is 7.77. The van der Waals surface area contributed by atoms with Crippen LogP contribution in [0.5, 0.6) is 11.5 Å². The Kier molecular flexibility index (Phi) is 10.8. The summed E-state index contributed by atoms with van der Waals surface area (Å²) in [4.78, 5) is 41.0. The molecule has 2 aliphatic heterocycles. The number of carbonyl (C=O) groups excluding carboxylic acids is 3. The highest BCUT2D eigenvalue weighted by Gasteiger charge is 2.30. The van der Waals surface area contributed by atoms with E-state index in [1.54, 1.807) is 43.3 Å². The fourth-order valence-corrected chi connectivity index (χ4v) is 6.41. The number of benzene rings is 4. The number of amides is 2. The van der Waals surface area contributed by atoms with Gasteiger partial charge < -0.3 is 29.7 Å². The number of piperidine rings is 1. The van der Waals surface area contributed by atoms with Crippen LogP contribution in [0.2, 0.25) is 0 Å². The maximum atomic E-state index is 13.3. The predicted molar refractivity (Wildman–Crippen MR) is 186 cm³/mol. The van der Waals surface area contributed by atoms with E-state index in [0.29, 0.717) is 40.3 Å². The van der Waals surface area contributed by atoms with Crippen LogP contribution in [-0.2, 0) is 20.5 Å². The molecule has 0 aliphatic carbocycles. The highest BCUT2D eigenvalue weighted by atomic mass is 19.4. The van der Waals surface area contributed by atoms with Crippen LogP contribution in [0.3, 0.4) is 0 Å². The normalized spacial score (nSPS) is 14.9. The van der Waals surface area contributed by atoms with Gasteiger partial charge in [0, 0.05) is 36.4 Å². The Bertz CT molecular complexity index is 1860. The number of anilines is 2. The number of nitrogens with zero attached hydrogens (tertiary/aromatic N) is 1. The number of hydrogen-bond donors (Lipinski definition) is 2. The Hall–Kier alpha value is -5.52. The standard InChI is InChI=1S/C39H38F3N3O6/c1-2-49-37(47)23-33(27-9-16-34-35(22-27)51-24-50-34)44-36(46)21-25-17-19-45(20-18-25)30-14-12-29(13-15-30)43-38(48)32-6-4-3-5-31(32)26-7-10-28(11-8-26)39(40,41)42/h3-16,22,25,33H,2,17-21,23-24H2,1H3,(H,43,48)(H,44,46). The van der Waals surface area contributed by atoms with E-state index in [4.69, 9.17) is 14.2 Å². The molecule has 2 amide bonds. The number of carbonyl (C=O) groups is 3. The summed E-state index contributed by atoms with van der Waals surface area (Å²) in [7, 11) is 0. The zero-order valence-electron chi connectivity index (χ0n) is 28.0. The van der Waals surface area contributed by atoms with Crippen LogP contribution in [0.15, 0.2) is 91.0 Å². The molecule has 1 fully saturated rings. The largest absolute Gasteiger partial charge is 0.466 e. The van der Waals surface area contributed by atoms with Crippen molar-refractivity contribution in [1.82, 2.24) is 5.32 Å². The minimum atomic E-state index is -4.44. The molecule has 0 radical (unpaired) electrons. The second-order valence-electron chi connectivity index (χ2n) is 12.5. The van der Waals surface area contributed by atoms with Crippen LogP contribution in [0.4, 0.5) is 24.5 Å². The van der Waals surface area contributed by atoms with E-state index < -0.39 is 23.8 Å². The molecule has 0 aromatic heterocycles. The Labute approximate surface area is 293 Å². The number of esters is 1. The summed E-state index contributed by atoms with van der Waals surface area (Å²) < 4.78 is 55.2. The van der Waals surface area contributed by atoms with Crippen molar-refractivity contribution in [2.75, 3.05) is 36.7 Å². The molecule has 6 rings (SSSR count). The van der Waals surface area contributed by atoms with Crippen LogP contribution < -0.4 is 25.0 Å². The summed E-state index contributed by atoms with van der Waals surface area (Å²) in [6, 6.07) is 23.8. The number of nitrogens with one attached hydrogen (secondary N) is 2. The number of alkyl halides is 3. The first kappa shape index (κ1) is 35.3. The molecule has 266 valence electrons. The van der Waals surface area contributed by atoms with E-state index in [2.05, 4.69) is 15.5 Å². The topological polar surface area (TPSA) is 106 Å². The molecule has 51 heavy (non-hydrogen) atoms. The van der Waals surface area contributed by atoms with Crippen molar-refractivity contribution in [3.63, 3.8) is 0 Å². The summed E-state index contributed by atoms with van der Waals surface area (Å²) >= 11 is 0. The fourth-order valence-electron chi connectivity index (χ4n) is 6.41. The van der Waals surface area contributed by atoms with Crippen molar-refractivity contribution in [3.05, 3.63) is 108 Å². The SMILES string of the molecule is CCOC(=O)CC(NC(=O)CC1CCN(c2ccc(NC(=O)c3ccccc3-c3ccc(C(F)(F)F)cc3)cc2)CC1)c1ccc2c(c1)OCO2. The van der Waals surface area contributed by atoms with Gasteiger partial charge in [-0.15, -0.1) is 0 Å². The molecule has 1 saturated heterocycles. The molecule has 2 heterocycles. The first-order valence-electron chi connectivity index (χ1n) is 16.8. The first-order valence-corrected chi connectivity index (χ1v) is 16.8. The van der Waals surface area contributed by atoms with Crippen LogP contribution >= 0.6 is 0 Å². The van der Waals surface area contributed by atoms with Gasteiger partial charge in [0.05, 0.1) is 24.6 Å². The molecular weight excluding hydrogens is 663 g/mol. The highest BCUT2D eigenvalue weighted by molar-refractivity contribution is 6.08. The quantitative estimate of drug-likeness (QED) is 0.154. The first-order chi connectivity index (χ1) is 24.6. The number of halogens is 3. The maximum absolute atomic E-state index is 13.3. The van der Waals surface area contributed by atoms with Gasteiger partial charge in [0.25, 0.3) is 5.91 Å². The molecular formula is C39H38F3N3O6. The van der Waals surface area contributed by atoms with E-state index in [1.807, 2.05) is 30.3 Å². The number of hydrogen-bond acceptors (Lipinski definition) is 7. The summed E-state index contributed by atoms with van der Waals surface area (Å²) in [5.74, 6) is 0.444. The second-order valence-corrected chi connectivity index (χ2v) is 12.5. The third kappa shape index (κ3) is 8.80. The molecule has 12 heteroatoms. The number of rotatable bonds is 11. The fraction of sp³-hybridized carbons (Fsp3) is 0.308. The van der Waals surface area contributed by atoms with Gasteiger partial charge in [-0.05, 0) is 97.0 Å². The Balaban J connectivity index is 1.02. The average Bonchev–Trinajstić information content (AvgIpc) is 3.60. The van der Waals surface area contributed by atoms with Gasteiger partial charge in [0.15, 0.2) is 11.5 Å². The third-order valence-corrected chi connectivity index (χ3v) is 9.08.